The van der Waals surface area contributed by atoms with Gasteiger partial charge >= 0.3 is 0 Å². The van der Waals surface area contributed by atoms with Crippen LogP contribution in [0.15, 0.2) is 23.2 Å². The molecule has 7 nitrogen and oxygen atoms in total. The summed E-state index contributed by atoms with van der Waals surface area (Å²) < 4.78 is 0. The third-order valence-electron chi connectivity index (χ3n) is 1.41. The molecule has 5 N–H and O–H groups in total. The predicted molar refractivity (Wildman–Crippen MR) is 50.2 cm³/mol. The topological polar surface area (TPSA) is 128 Å². The molecule has 7 heteroatoms. The molecule has 0 fully saturated rings. The monoisotopic (exact) mass is 196 g/mol. The van der Waals surface area contributed by atoms with Crippen molar-refractivity contribution in [1.29, 1.82) is 0 Å². The van der Waals surface area contributed by atoms with Gasteiger partial charge in [-0.3, -0.25) is 10.1 Å². The molecule has 0 heterocycles. The largest absolute Gasteiger partial charge is 0.508 e. The Hall–Kier alpha value is -2.31. The van der Waals surface area contributed by atoms with E-state index < -0.39 is 4.92 Å². The molecule has 0 radical (unpaired) electrons. The van der Waals surface area contributed by atoms with Crippen LogP contribution in [0.3, 0.4) is 0 Å². The zero-order chi connectivity index (χ0) is 10.7. The van der Waals surface area contributed by atoms with Crippen molar-refractivity contribution < 1.29 is 10.0 Å². The second-order valence-electron chi connectivity index (χ2n) is 2.47. The van der Waals surface area contributed by atoms with E-state index in [1.807, 2.05) is 0 Å². The minimum Gasteiger partial charge on any atom is -0.508 e. The Morgan fingerprint density at radius 3 is 2.64 bits per heavy atom. The summed E-state index contributed by atoms with van der Waals surface area (Å²) in [5, 5.41) is 19.5. The van der Waals surface area contributed by atoms with Crippen molar-refractivity contribution >= 4 is 17.3 Å². The van der Waals surface area contributed by atoms with Crippen LogP contribution in [0.4, 0.5) is 11.4 Å². The molecule has 0 unspecified atom stereocenters. The van der Waals surface area contributed by atoms with Gasteiger partial charge in [-0.1, -0.05) is 0 Å². The van der Waals surface area contributed by atoms with E-state index in [1.165, 1.54) is 12.1 Å². The van der Waals surface area contributed by atoms with Gasteiger partial charge < -0.3 is 16.6 Å². The number of phenols is 1. The van der Waals surface area contributed by atoms with E-state index in [-0.39, 0.29) is 23.1 Å². The van der Waals surface area contributed by atoms with Crippen LogP contribution in [0.1, 0.15) is 0 Å². The Morgan fingerprint density at radius 2 is 2.14 bits per heavy atom. The van der Waals surface area contributed by atoms with E-state index in [0.717, 1.165) is 6.07 Å². The number of hydrogen-bond acceptors (Lipinski definition) is 4. The van der Waals surface area contributed by atoms with Crippen molar-refractivity contribution in [1.82, 2.24) is 0 Å². The first-order valence-corrected chi connectivity index (χ1v) is 3.57. The maximum atomic E-state index is 10.5. The first-order chi connectivity index (χ1) is 6.50. The predicted octanol–water partition coefficient (Wildman–Crippen LogP) is 0.205. The van der Waals surface area contributed by atoms with Crippen LogP contribution in [0.5, 0.6) is 5.75 Å². The Kier molecular flexibility index (Phi) is 2.52. The first kappa shape index (κ1) is 9.78. The molecule has 0 saturated heterocycles. The van der Waals surface area contributed by atoms with E-state index in [9.17, 15) is 10.1 Å². The minimum absolute atomic E-state index is 0.00722. The maximum Gasteiger partial charge on any atom is 0.298 e. The molecule has 0 aliphatic rings. The van der Waals surface area contributed by atoms with Gasteiger partial charge in [0, 0.05) is 0 Å². The number of benzene rings is 1. The van der Waals surface area contributed by atoms with Crippen molar-refractivity contribution in [3.8, 4) is 5.75 Å². The SMILES string of the molecule is NC(N)=Nc1ccc(O)cc1[N+](=O)[O-]. The van der Waals surface area contributed by atoms with E-state index in [2.05, 4.69) is 4.99 Å². The molecule has 1 rings (SSSR count). The molecule has 14 heavy (non-hydrogen) atoms. The van der Waals surface area contributed by atoms with Crippen LogP contribution in [-0.2, 0) is 0 Å². The van der Waals surface area contributed by atoms with Crippen molar-refractivity contribution in [3.05, 3.63) is 28.3 Å². The number of nitrogens with two attached hydrogens (primary N) is 2. The summed E-state index contributed by atoms with van der Waals surface area (Å²) in [7, 11) is 0. The number of nitro groups is 1. The number of nitro benzene ring substituents is 1. The fourth-order valence-corrected chi connectivity index (χ4v) is 0.892. The zero-order valence-corrected chi connectivity index (χ0v) is 7.04. The third-order valence-corrected chi connectivity index (χ3v) is 1.41. The average Bonchev–Trinajstić information content (AvgIpc) is 2.07. The number of nitrogens with zero attached hydrogens (tertiary/aromatic N) is 2. The Balaban J connectivity index is 3.29. The molecule has 0 aliphatic heterocycles. The summed E-state index contributed by atoms with van der Waals surface area (Å²) in [4.78, 5) is 13.4. The molecule has 0 amide bonds. The molecule has 74 valence electrons. The fourth-order valence-electron chi connectivity index (χ4n) is 0.892. The number of guanidine groups is 1. The van der Waals surface area contributed by atoms with Crippen molar-refractivity contribution in [3.63, 3.8) is 0 Å². The molecule has 1 aromatic carbocycles. The van der Waals surface area contributed by atoms with Gasteiger partial charge in [-0.05, 0) is 12.1 Å². The molecular weight excluding hydrogens is 188 g/mol. The highest BCUT2D eigenvalue weighted by atomic mass is 16.6. The van der Waals surface area contributed by atoms with Crippen LogP contribution in [0.2, 0.25) is 0 Å². The van der Waals surface area contributed by atoms with Crippen LogP contribution in [-0.4, -0.2) is 16.0 Å². The van der Waals surface area contributed by atoms with E-state index in [1.54, 1.807) is 0 Å². The van der Waals surface area contributed by atoms with Gasteiger partial charge in [0.25, 0.3) is 5.69 Å². The van der Waals surface area contributed by atoms with Gasteiger partial charge in [-0.2, -0.15) is 0 Å². The van der Waals surface area contributed by atoms with Crippen LogP contribution in [0.25, 0.3) is 0 Å². The number of aromatic hydroxyl groups is 1. The summed E-state index contributed by atoms with van der Waals surface area (Å²) in [6, 6.07) is 3.49. The first-order valence-electron chi connectivity index (χ1n) is 3.57. The van der Waals surface area contributed by atoms with E-state index in [0.29, 0.717) is 0 Å². The molecule has 0 spiro atoms. The molecule has 1 aromatic rings. The summed E-state index contributed by atoms with van der Waals surface area (Å²) in [5.74, 6) is -0.495. The van der Waals surface area contributed by atoms with Crippen LogP contribution < -0.4 is 11.5 Å². The van der Waals surface area contributed by atoms with Crippen LogP contribution >= 0.6 is 0 Å². The number of aliphatic imine (C=N–C) groups is 1. The Morgan fingerprint density at radius 1 is 1.50 bits per heavy atom. The minimum atomic E-state index is -0.679. The quantitative estimate of drug-likeness (QED) is 0.269. The number of rotatable bonds is 2. The lowest BCUT2D eigenvalue weighted by Crippen LogP contribution is -2.22. The molecule has 0 saturated carbocycles. The van der Waals surface area contributed by atoms with E-state index >= 15 is 0 Å². The van der Waals surface area contributed by atoms with Gasteiger partial charge in [0.15, 0.2) is 5.96 Å². The number of phenolic OH excluding ortho intramolecular Hbond substituents is 1. The lowest BCUT2D eigenvalue weighted by molar-refractivity contribution is -0.384. The second-order valence-corrected chi connectivity index (χ2v) is 2.47. The maximum absolute atomic E-state index is 10.5. The summed E-state index contributed by atoms with van der Waals surface area (Å²) in [6.45, 7) is 0. The smallest absolute Gasteiger partial charge is 0.298 e. The Bertz CT molecular complexity index is 398. The molecule has 0 aromatic heterocycles. The lowest BCUT2D eigenvalue weighted by Gasteiger charge is -1.98. The molecule has 0 atom stereocenters. The van der Waals surface area contributed by atoms with Crippen LogP contribution in [0, 0.1) is 10.1 Å². The summed E-state index contributed by atoms with van der Waals surface area (Å²) in [6.07, 6.45) is 0. The highest BCUT2D eigenvalue weighted by Crippen LogP contribution is 2.30. The Labute approximate surface area is 78.8 Å². The highest BCUT2D eigenvalue weighted by molar-refractivity contribution is 5.81. The van der Waals surface area contributed by atoms with Crippen molar-refractivity contribution in [2.75, 3.05) is 0 Å². The highest BCUT2D eigenvalue weighted by Gasteiger charge is 2.13. The standard InChI is InChI=1S/C7H8N4O3/c8-7(9)10-5-2-1-4(12)3-6(5)11(13)14/h1-3,12H,(H4,8,9,10). The molecular formula is C7H8N4O3. The zero-order valence-electron chi connectivity index (χ0n) is 7.04. The normalized spacial score (nSPS) is 9.43. The van der Waals surface area contributed by atoms with Crippen molar-refractivity contribution in [2.45, 2.75) is 0 Å². The van der Waals surface area contributed by atoms with Gasteiger partial charge in [-0.15, -0.1) is 0 Å². The molecule has 0 aliphatic carbocycles. The van der Waals surface area contributed by atoms with Gasteiger partial charge in [-0.25, -0.2) is 4.99 Å². The van der Waals surface area contributed by atoms with E-state index in [4.69, 9.17) is 16.6 Å². The summed E-state index contributed by atoms with van der Waals surface area (Å²) >= 11 is 0. The third kappa shape index (κ3) is 2.09. The van der Waals surface area contributed by atoms with Crippen molar-refractivity contribution in [2.24, 2.45) is 16.5 Å². The lowest BCUT2D eigenvalue weighted by atomic mass is 10.2. The fraction of sp³-hybridized carbons (Fsp3) is 0. The molecule has 0 bridgehead atoms. The number of hydrogen-bond donors (Lipinski definition) is 3. The van der Waals surface area contributed by atoms with Gasteiger partial charge in [0.2, 0.25) is 0 Å². The summed E-state index contributed by atoms with van der Waals surface area (Å²) in [5.41, 5.74) is 9.81. The van der Waals surface area contributed by atoms with Gasteiger partial charge in [0.1, 0.15) is 11.4 Å². The van der Waals surface area contributed by atoms with Gasteiger partial charge in [0.05, 0.1) is 11.0 Å². The second kappa shape index (κ2) is 3.60. The average molecular weight is 196 g/mol.